The van der Waals surface area contributed by atoms with E-state index in [0.717, 1.165) is 6.29 Å². The van der Waals surface area contributed by atoms with E-state index in [1.807, 2.05) is 20.8 Å². The number of aliphatic hydroxyl groups is 4. The topological polar surface area (TPSA) is 245 Å². The van der Waals surface area contributed by atoms with Gasteiger partial charge in [-0.2, -0.15) is 0 Å². The van der Waals surface area contributed by atoms with Gasteiger partial charge in [-0.15, -0.1) is 0 Å². The number of carbonyl (C=O) groups excluding carboxylic acids is 4. The van der Waals surface area contributed by atoms with Gasteiger partial charge in [0, 0.05) is 58.2 Å². The van der Waals surface area contributed by atoms with Crippen LogP contribution in [0.3, 0.4) is 0 Å². The average molecular weight is 962 g/mol. The molecule has 22 atom stereocenters. The van der Waals surface area contributed by atoms with Gasteiger partial charge in [-0.3, -0.25) is 14.4 Å². The number of ketones is 1. The highest BCUT2D eigenvalue weighted by Crippen LogP contribution is 2.39. The third-order valence-corrected chi connectivity index (χ3v) is 14.4. The Morgan fingerprint density at radius 1 is 0.851 bits per heavy atom. The molecule has 0 aliphatic carbocycles. The molecule has 4 heterocycles. The second-order valence-corrected chi connectivity index (χ2v) is 20.1. The van der Waals surface area contributed by atoms with Crippen molar-refractivity contribution >= 4 is 24.0 Å². The number of carbonyl (C=O) groups is 4. The van der Waals surface area contributed by atoms with Crippen LogP contribution in [0.1, 0.15) is 114 Å². The van der Waals surface area contributed by atoms with Crippen molar-refractivity contribution in [2.45, 2.75) is 217 Å². The fourth-order valence-corrected chi connectivity index (χ4v) is 10.4. The highest BCUT2D eigenvalue weighted by Gasteiger charge is 2.53. The number of aldehydes is 1. The van der Waals surface area contributed by atoms with Crippen LogP contribution in [0.15, 0.2) is 0 Å². The number of nitrogens with zero attached hydrogens (tertiary/aromatic N) is 1. The van der Waals surface area contributed by atoms with Crippen molar-refractivity contribution in [3.8, 4) is 0 Å². The normalized spacial score (nSPS) is 44.5. The van der Waals surface area contributed by atoms with E-state index in [1.54, 1.807) is 46.7 Å². The number of likely N-dealkylation sites (N-methyl/N-ethyl adjacent to an activating group) is 1. The van der Waals surface area contributed by atoms with Crippen LogP contribution in [0.4, 0.5) is 0 Å². The molecule has 0 aromatic heterocycles. The van der Waals surface area contributed by atoms with Crippen LogP contribution in [-0.2, 0) is 66.5 Å². The van der Waals surface area contributed by atoms with Gasteiger partial charge in [0.15, 0.2) is 25.0 Å². The molecule has 4 fully saturated rings. The summed E-state index contributed by atoms with van der Waals surface area (Å²) in [6.45, 7) is 15.4. The molecule has 0 aromatic carbocycles. The number of ether oxygens (including phenoxy) is 10. The van der Waals surface area contributed by atoms with Gasteiger partial charge in [-0.05, 0) is 79.3 Å². The highest BCUT2D eigenvalue weighted by atomic mass is 16.7. The molecular weight excluding hydrogens is 879 g/mol. The average Bonchev–Trinajstić information content (AvgIpc) is 3.25. The van der Waals surface area contributed by atoms with Gasteiger partial charge >= 0.3 is 11.9 Å². The van der Waals surface area contributed by atoms with Gasteiger partial charge in [-0.1, -0.05) is 27.7 Å². The fourth-order valence-electron chi connectivity index (χ4n) is 10.4. The van der Waals surface area contributed by atoms with E-state index in [-0.39, 0.29) is 49.9 Å². The standard InChI is InChI=1S/C48H83NO18/c1-14-35-32(23-60-46-44(59-13)43(58-12)39(55)27(5)62-46)19-24(2)15-16-33(52)25(3)20-31(17-18-50)40(26(4)34(53)21-36(54)65-35)67-47-42(64-30(8)51)38(49(10)11)41(28(6)63-47)66-37-22-48(9,57)45(56)29(7)61-37/h18,24-29,31-32,34-35,37-47,53,55-57H,14-17,19-23H2,1-13H3/t24?,25-,26+,27-,28-,29+,31+,32-,34-,35-,37+,38+,39-,40-,41-,42-,43-,44-,45+,46-,47+,48-/m1/s1. The summed E-state index contributed by atoms with van der Waals surface area (Å²) < 4.78 is 61.5. The molecule has 1 unspecified atom stereocenters. The van der Waals surface area contributed by atoms with Gasteiger partial charge in [0.1, 0.15) is 48.7 Å². The fraction of sp³-hybridized carbons (Fsp3) is 0.917. The maximum Gasteiger partial charge on any atom is 0.308 e. The molecule has 4 N–H and O–H groups in total. The molecule has 4 saturated heterocycles. The number of hydrogen-bond acceptors (Lipinski definition) is 19. The summed E-state index contributed by atoms with van der Waals surface area (Å²) in [6.07, 6.45) is -11.7. The zero-order valence-electron chi connectivity index (χ0n) is 42.0. The quantitative estimate of drug-likeness (QED) is 0.144. The minimum absolute atomic E-state index is 0.00948. The Morgan fingerprint density at radius 2 is 1.51 bits per heavy atom. The predicted octanol–water partition coefficient (Wildman–Crippen LogP) is 2.71. The first kappa shape index (κ1) is 57.3. The maximum atomic E-state index is 13.9. The Balaban J connectivity index is 1.65. The second kappa shape index (κ2) is 25.7. The molecule has 19 nitrogen and oxygen atoms in total. The summed E-state index contributed by atoms with van der Waals surface area (Å²) in [4.78, 5) is 54.9. The first-order chi connectivity index (χ1) is 31.5. The molecule has 0 spiro atoms. The summed E-state index contributed by atoms with van der Waals surface area (Å²) in [5.41, 5.74) is -1.51. The minimum Gasteiger partial charge on any atom is -0.462 e. The minimum atomic E-state index is -1.51. The number of rotatable bonds is 14. The molecule has 0 aromatic rings. The number of cyclic esters (lactones) is 1. The van der Waals surface area contributed by atoms with Crippen molar-refractivity contribution < 1.29 is 87.0 Å². The van der Waals surface area contributed by atoms with E-state index >= 15 is 0 Å². The molecule has 67 heavy (non-hydrogen) atoms. The van der Waals surface area contributed by atoms with Crippen LogP contribution in [0, 0.1) is 29.6 Å². The predicted molar refractivity (Wildman–Crippen MR) is 240 cm³/mol. The van der Waals surface area contributed by atoms with E-state index in [0.29, 0.717) is 19.3 Å². The molecular formula is C48H83NO18. The molecule has 0 amide bonds. The van der Waals surface area contributed by atoms with Crippen molar-refractivity contribution in [3.05, 3.63) is 0 Å². The van der Waals surface area contributed by atoms with Gasteiger partial charge in [0.2, 0.25) is 0 Å². The Kier molecular flexibility index (Phi) is 22.0. The third kappa shape index (κ3) is 14.9. The Bertz CT molecular complexity index is 1570. The Morgan fingerprint density at radius 3 is 2.09 bits per heavy atom. The van der Waals surface area contributed by atoms with Crippen molar-refractivity contribution in [2.75, 3.05) is 34.9 Å². The summed E-state index contributed by atoms with van der Waals surface area (Å²) >= 11 is 0. The number of esters is 2. The van der Waals surface area contributed by atoms with Crippen LogP contribution in [0.5, 0.6) is 0 Å². The lowest BCUT2D eigenvalue weighted by molar-refractivity contribution is -0.342. The lowest BCUT2D eigenvalue weighted by Crippen LogP contribution is -2.66. The molecule has 0 radical (unpaired) electrons. The molecule has 0 saturated carbocycles. The largest absolute Gasteiger partial charge is 0.462 e. The van der Waals surface area contributed by atoms with Crippen molar-refractivity contribution in [3.63, 3.8) is 0 Å². The SMILES string of the molecule is CC[C@H]1OC(=O)C[C@@H](O)[C@H](C)[C@@H](O[C@@H]2O[C@H](C)[C@@H](O[C@H]3C[C@@](C)(O)[C@@H](O)[C@H](C)O3)[C@H](N(C)C)[C@H]2OC(C)=O)[C@@H](CC=O)C[C@@H](C)C(=O)CCC(C)C[C@@H]1CO[C@@H]1O[C@H](C)[C@@H](O)[C@@H](OC)[C@H]1OC. The molecule has 4 aliphatic rings. The van der Waals surface area contributed by atoms with Crippen LogP contribution in [-0.4, -0.2) is 188 Å². The zero-order chi connectivity index (χ0) is 50.1. The summed E-state index contributed by atoms with van der Waals surface area (Å²) in [7, 11) is 6.50. The van der Waals surface area contributed by atoms with E-state index in [9.17, 15) is 39.6 Å². The highest BCUT2D eigenvalue weighted by molar-refractivity contribution is 5.80. The van der Waals surface area contributed by atoms with Gasteiger partial charge in [0.05, 0.1) is 55.2 Å². The first-order valence-corrected chi connectivity index (χ1v) is 24.2. The lowest BCUT2D eigenvalue weighted by atomic mass is 9.79. The van der Waals surface area contributed by atoms with Gasteiger partial charge < -0.3 is 77.5 Å². The van der Waals surface area contributed by atoms with E-state index in [2.05, 4.69) is 0 Å². The number of methoxy groups -OCH3 is 2. The molecule has 4 aliphatic heterocycles. The van der Waals surface area contributed by atoms with Crippen LogP contribution < -0.4 is 0 Å². The smallest absolute Gasteiger partial charge is 0.308 e. The van der Waals surface area contributed by atoms with E-state index in [4.69, 9.17) is 47.4 Å². The van der Waals surface area contributed by atoms with E-state index in [1.165, 1.54) is 28.1 Å². The van der Waals surface area contributed by atoms with Crippen molar-refractivity contribution in [1.29, 1.82) is 0 Å². The Hall–Kier alpha value is -2.24. The summed E-state index contributed by atoms with van der Waals surface area (Å²) in [5.74, 6) is -3.72. The van der Waals surface area contributed by atoms with Gasteiger partial charge in [-0.25, -0.2) is 0 Å². The van der Waals surface area contributed by atoms with Crippen LogP contribution in [0.25, 0.3) is 0 Å². The number of Topliss-reactive ketones (excluding diaryl/α,β-unsaturated/α-hetero) is 1. The monoisotopic (exact) mass is 962 g/mol. The number of hydrogen-bond donors (Lipinski definition) is 4. The van der Waals surface area contributed by atoms with Crippen molar-refractivity contribution in [1.82, 2.24) is 4.90 Å². The maximum absolute atomic E-state index is 13.9. The summed E-state index contributed by atoms with van der Waals surface area (Å²) in [6, 6.07) is -0.730. The summed E-state index contributed by atoms with van der Waals surface area (Å²) in [5, 5.41) is 44.2. The molecule has 4 rings (SSSR count). The first-order valence-electron chi connectivity index (χ1n) is 24.2. The van der Waals surface area contributed by atoms with Crippen LogP contribution in [0.2, 0.25) is 0 Å². The second-order valence-electron chi connectivity index (χ2n) is 20.1. The van der Waals surface area contributed by atoms with Gasteiger partial charge in [0.25, 0.3) is 0 Å². The van der Waals surface area contributed by atoms with Crippen molar-refractivity contribution in [2.24, 2.45) is 29.6 Å². The van der Waals surface area contributed by atoms with Crippen LogP contribution >= 0.6 is 0 Å². The molecule has 0 bridgehead atoms. The molecule has 19 heteroatoms. The zero-order valence-corrected chi connectivity index (χ0v) is 42.0. The molecule has 388 valence electrons. The number of aliphatic hydroxyl groups excluding tert-OH is 3. The third-order valence-electron chi connectivity index (χ3n) is 14.4. The van der Waals surface area contributed by atoms with E-state index < -0.39 is 140 Å². The lowest BCUT2D eigenvalue weighted by Gasteiger charge is -2.50. The Labute approximate surface area is 397 Å².